The molecule has 0 saturated heterocycles. The number of hydrogen-bond donors (Lipinski definition) is 1. The zero-order valence-electron chi connectivity index (χ0n) is 9.74. The Balaban J connectivity index is 2.20. The van der Waals surface area contributed by atoms with Gasteiger partial charge in [0, 0.05) is 20.6 Å². The lowest BCUT2D eigenvalue weighted by atomic mass is 10.2. The van der Waals surface area contributed by atoms with Gasteiger partial charge in [-0.15, -0.1) is 11.3 Å². The van der Waals surface area contributed by atoms with E-state index in [2.05, 4.69) is 33.0 Å². The van der Waals surface area contributed by atoms with Crippen molar-refractivity contribution >= 4 is 27.3 Å². The van der Waals surface area contributed by atoms with Crippen LogP contribution in [0.1, 0.15) is 40.9 Å². The summed E-state index contributed by atoms with van der Waals surface area (Å²) in [6, 6.07) is 1.71. The highest BCUT2D eigenvalue weighted by Gasteiger charge is 2.18. The normalized spacial score (nSPS) is 12.9. The van der Waals surface area contributed by atoms with Crippen molar-refractivity contribution in [3.63, 3.8) is 0 Å². The molecule has 0 aromatic carbocycles. The van der Waals surface area contributed by atoms with Crippen LogP contribution in [0.25, 0.3) is 0 Å². The second kappa shape index (κ2) is 5.29. The average molecular weight is 316 g/mol. The molecule has 6 heteroatoms. The molecule has 1 atom stereocenters. The lowest BCUT2D eigenvalue weighted by Crippen LogP contribution is -2.12. The number of halogens is 1. The van der Waals surface area contributed by atoms with Gasteiger partial charge >= 0.3 is 0 Å². The maximum atomic E-state index is 6.11. The summed E-state index contributed by atoms with van der Waals surface area (Å²) in [6.45, 7) is 4.12. The molecule has 2 heterocycles. The molecule has 0 aliphatic rings. The predicted octanol–water partition coefficient (Wildman–Crippen LogP) is 3.20. The Hall–Kier alpha value is -0.720. The fraction of sp³-hybridized carbons (Fsp3) is 0.455. The maximum absolute atomic E-state index is 6.11. The Morgan fingerprint density at radius 2 is 2.35 bits per heavy atom. The number of thiophene rings is 1. The van der Waals surface area contributed by atoms with Crippen LogP contribution in [-0.4, -0.2) is 10.1 Å². The minimum absolute atomic E-state index is 0.306. The van der Waals surface area contributed by atoms with Crippen LogP contribution in [0.5, 0.6) is 0 Å². The molecule has 2 aromatic heterocycles. The lowest BCUT2D eigenvalue weighted by molar-refractivity contribution is 0.370. The molecule has 2 N–H and O–H groups in total. The number of nitrogens with two attached hydrogens (primary N) is 1. The van der Waals surface area contributed by atoms with Gasteiger partial charge < -0.3 is 10.3 Å². The summed E-state index contributed by atoms with van der Waals surface area (Å²) in [7, 11) is 0. The minimum atomic E-state index is -0.306. The molecule has 0 amide bonds. The number of aromatic nitrogens is 2. The molecule has 92 valence electrons. The van der Waals surface area contributed by atoms with E-state index in [9.17, 15) is 0 Å². The molecule has 2 aromatic rings. The molecular weight excluding hydrogens is 302 g/mol. The molecule has 0 aliphatic carbocycles. The van der Waals surface area contributed by atoms with Gasteiger partial charge in [0.05, 0.1) is 0 Å². The Kier molecular flexibility index (Phi) is 3.96. The summed E-state index contributed by atoms with van der Waals surface area (Å²) in [4.78, 5) is 6.55. The topological polar surface area (TPSA) is 64.9 Å². The molecule has 0 spiro atoms. The summed E-state index contributed by atoms with van der Waals surface area (Å²) in [6.07, 6.45) is 1.79. The largest absolute Gasteiger partial charge is 0.339 e. The number of nitrogens with zero attached hydrogens (tertiary/aromatic N) is 2. The van der Waals surface area contributed by atoms with Crippen molar-refractivity contribution in [3.8, 4) is 0 Å². The van der Waals surface area contributed by atoms with Crippen molar-refractivity contribution in [1.82, 2.24) is 10.1 Å². The zero-order chi connectivity index (χ0) is 12.4. The Morgan fingerprint density at radius 1 is 1.59 bits per heavy atom. The monoisotopic (exact) mass is 315 g/mol. The van der Waals surface area contributed by atoms with Crippen molar-refractivity contribution in [2.75, 3.05) is 0 Å². The predicted molar refractivity (Wildman–Crippen MR) is 71.1 cm³/mol. The highest BCUT2D eigenvalue weighted by atomic mass is 79.9. The summed E-state index contributed by atoms with van der Waals surface area (Å²) in [5.41, 5.74) is 6.11. The molecule has 17 heavy (non-hydrogen) atoms. The molecular formula is C11H14BrN3OS. The van der Waals surface area contributed by atoms with Crippen molar-refractivity contribution in [2.45, 2.75) is 32.7 Å². The Morgan fingerprint density at radius 3 is 2.94 bits per heavy atom. The van der Waals surface area contributed by atoms with Gasteiger partial charge in [0.2, 0.25) is 5.89 Å². The molecule has 0 saturated carbocycles. The first-order valence-electron chi connectivity index (χ1n) is 5.45. The zero-order valence-corrected chi connectivity index (χ0v) is 12.1. The van der Waals surface area contributed by atoms with Crippen LogP contribution < -0.4 is 5.73 Å². The van der Waals surface area contributed by atoms with Crippen molar-refractivity contribution in [2.24, 2.45) is 5.73 Å². The molecule has 4 nitrogen and oxygen atoms in total. The van der Waals surface area contributed by atoms with E-state index in [1.54, 1.807) is 11.3 Å². The van der Waals surface area contributed by atoms with Gasteiger partial charge in [-0.1, -0.05) is 12.1 Å². The van der Waals surface area contributed by atoms with Crippen LogP contribution in [0.2, 0.25) is 0 Å². The maximum Gasteiger partial charge on any atom is 0.226 e. The quantitative estimate of drug-likeness (QED) is 0.941. The van der Waals surface area contributed by atoms with E-state index in [1.165, 1.54) is 4.88 Å². The molecule has 1 unspecified atom stereocenters. The van der Waals surface area contributed by atoms with Gasteiger partial charge in [-0.3, -0.25) is 0 Å². The molecule has 0 fully saturated rings. The van der Waals surface area contributed by atoms with E-state index in [-0.39, 0.29) is 6.04 Å². The number of rotatable bonds is 4. The molecule has 2 rings (SSSR count). The Bertz CT molecular complexity index is 489. The van der Waals surface area contributed by atoms with Crippen LogP contribution in [-0.2, 0) is 6.42 Å². The number of hydrogen-bond acceptors (Lipinski definition) is 5. The van der Waals surface area contributed by atoms with Crippen molar-refractivity contribution in [3.05, 3.63) is 32.0 Å². The highest BCUT2D eigenvalue weighted by Crippen LogP contribution is 2.31. The van der Waals surface area contributed by atoms with Gasteiger partial charge in [-0.2, -0.15) is 4.98 Å². The third-order valence-electron chi connectivity index (χ3n) is 2.41. The van der Waals surface area contributed by atoms with E-state index in [1.807, 2.05) is 13.0 Å². The minimum Gasteiger partial charge on any atom is -0.339 e. The lowest BCUT2D eigenvalue weighted by Gasteiger charge is -2.02. The second-order valence-electron chi connectivity index (χ2n) is 3.83. The van der Waals surface area contributed by atoms with Gasteiger partial charge in [0.25, 0.3) is 0 Å². The molecule has 0 radical (unpaired) electrons. The second-order valence-corrected chi connectivity index (χ2v) is 5.97. The van der Waals surface area contributed by atoms with E-state index in [0.29, 0.717) is 11.7 Å². The van der Waals surface area contributed by atoms with E-state index >= 15 is 0 Å². The average Bonchev–Trinajstić information content (AvgIpc) is 2.87. The van der Waals surface area contributed by atoms with Crippen LogP contribution >= 0.6 is 27.3 Å². The van der Waals surface area contributed by atoms with Gasteiger partial charge in [0.15, 0.2) is 5.82 Å². The van der Waals surface area contributed by atoms with Crippen LogP contribution in [0.4, 0.5) is 0 Å². The Labute approximate surface area is 112 Å². The molecule has 0 bridgehead atoms. The van der Waals surface area contributed by atoms with Crippen LogP contribution in [0.15, 0.2) is 15.1 Å². The fourth-order valence-corrected chi connectivity index (χ4v) is 3.03. The first-order chi connectivity index (χ1) is 8.11. The summed E-state index contributed by atoms with van der Waals surface area (Å²) >= 11 is 5.12. The number of aryl methyl sites for hydroxylation is 2. The van der Waals surface area contributed by atoms with Crippen LogP contribution in [0.3, 0.4) is 0 Å². The SMILES string of the molecule is CCCc1nc(C(N)c2cc(Br)c(C)s2)no1. The summed E-state index contributed by atoms with van der Waals surface area (Å²) in [5, 5.41) is 3.93. The standard InChI is InChI=1S/C11H14BrN3OS/c1-3-4-9-14-11(15-16-9)10(13)8-5-7(12)6(2)17-8/h5,10H,3-4,13H2,1-2H3. The summed E-state index contributed by atoms with van der Waals surface area (Å²) < 4.78 is 6.21. The third kappa shape index (κ3) is 2.75. The third-order valence-corrected chi connectivity index (χ3v) is 4.63. The van der Waals surface area contributed by atoms with Gasteiger partial charge in [0.1, 0.15) is 6.04 Å². The van der Waals surface area contributed by atoms with E-state index < -0.39 is 0 Å². The fourth-order valence-electron chi connectivity index (χ4n) is 1.47. The van der Waals surface area contributed by atoms with Crippen molar-refractivity contribution < 1.29 is 4.52 Å². The van der Waals surface area contributed by atoms with Gasteiger partial charge in [-0.05, 0) is 35.3 Å². The summed E-state index contributed by atoms with van der Waals surface area (Å²) in [5.74, 6) is 1.22. The highest BCUT2D eigenvalue weighted by molar-refractivity contribution is 9.10. The smallest absolute Gasteiger partial charge is 0.226 e. The van der Waals surface area contributed by atoms with Crippen molar-refractivity contribution in [1.29, 1.82) is 0 Å². The molecule has 0 aliphatic heterocycles. The van der Waals surface area contributed by atoms with E-state index in [4.69, 9.17) is 10.3 Å². The first kappa shape index (κ1) is 12.7. The van der Waals surface area contributed by atoms with Gasteiger partial charge in [-0.25, -0.2) is 0 Å². The first-order valence-corrected chi connectivity index (χ1v) is 7.06. The van der Waals surface area contributed by atoms with E-state index in [0.717, 1.165) is 22.2 Å². The van der Waals surface area contributed by atoms with Crippen LogP contribution in [0, 0.1) is 6.92 Å².